The van der Waals surface area contributed by atoms with E-state index >= 15 is 0 Å². The molecular weight excluding hydrogens is 298 g/mol. The van der Waals surface area contributed by atoms with E-state index in [0.29, 0.717) is 24.2 Å². The van der Waals surface area contributed by atoms with Crippen molar-refractivity contribution in [2.75, 3.05) is 39.3 Å². The highest BCUT2D eigenvalue weighted by Gasteiger charge is 2.23. The lowest BCUT2D eigenvalue weighted by Crippen LogP contribution is -2.40. The fourth-order valence-electron chi connectivity index (χ4n) is 4.01. The summed E-state index contributed by atoms with van der Waals surface area (Å²) in [6.45, 7) is 13.6. The summed E-state index contributed by atoms with van der Waals surface area (Å²) in [4.78, 5) is 14.8. The van der Waals surface area contributed by atoms with Gasteiger partial charge in [0, 0.05) is 13.0 Å². The Morgan fingerprint density at radius 1 is 1.21 bits per heavy atom. The molecule has 2 unspecified atom stereocenters. The van der Waals surface area contributed by atoms with Crippen molar-refractivity contribution in [3.05, 3.63) is 0 Å². The average molecular weight is 338 g/mol. The summed E-state index contributed by atoms with van der Waals surface area (Å²) >= 11 is 0. The maximum absolute atomic E-state index is 12.2. The molecule has 0 bridgehead atoms. The van der Waals surface area contributed by atoms with Crippen LogP contribution in [0.3, 0.4) is 0 Å². The molecule has 140 valence electrons. The molecule has 0 saturated carbocycles. The van der Waals surface area contributed by atoms with Crippen LogP contribution < -0.4 is 10.6 Å². The zero-order chi connectivity index (χ0) is 17.4. The zero-order valence-corrected chi connectivity index (χ0v) is 16.2. The van der Waals surface area contributed by atoms with Gasteiger partial charge in [0.05, 0.1) is 0 Å². The highest BCUT2D eigenvalue weighted by Crippen LogP contribution is 2.22. The van der Waals surface area contributed by atoms with Gasteiger partial charge >= 0.3 is 0 Å². The summed E-state index contributed by atoms with van der Waals surface area (Å²) in [6.07, 6.45) is 7.00. The second kappa shape index (κ2) is 10.4. The largest absolute Gasteiger partial charge is 0.356 e. The van der Waals surface area contributed by atoms with Crippen molar-refractivity contribution in [1.29, 1.82) is 0 Å². The summed E-state index contributed by atoms with van der Waals surface area (Å²) < 4.78 is 0. The summed E-state index contributed by atoms with van der Waals surface area (Å²) in [5.41, 5.74) is 0. The van der Waals surface area contributed by atoms with Gasteiger partial charge in [-0.15, -0.1) is 0 Å². The predicted molar refractivity (Wildman–Crippen MR) is 101 cm³/mol. The lowest BCUT2D eigenvalue weighted by Gasteiger charge is -2.32. The van der Waals surface area contributed by atoms with E-state index in [4.69, 9.17) is 0 Å². The molecule has 0 spiro atoms. The van der Waals surface area contributed by atoms with Crippen molar-refractivity contribution in [2.24, 2.45) is 23.7 Å². The minimum Gasteiger partial charge on any atom is -0.356 e. The van der Waals surface area contributed by atoms with E-state index in [1.807, 2.05) is 0 Å². The van der Waals surface area contributed by atoms with Gasteiger partial charge in [-0.25, -0.2) is 0 Å². The number of hydrogen-bond acceptors (Lipinski definition) is 3. The van der Waals surface area contributed by atoms with Crippen LogP contribution in [0.2, 0.25) is 0 Å². The molecule has 2 heterocycles. The third-order valence-electron chi connectivity index (χ3n) is 5.96. The van der Waals surface area contributed by atoms with Gasteiger partial charge in [-0.2, -0.15) is 0 Å². The molecule has 0 aromatic rings. The van der Waals surface area contributed by atoms with E-state index in [9.17, 15) is 4.79 Å². The first-order valence-corrected chi connectivity index (χ1v) is 10.2. The van der Waals surface area contributed by atoms with E-state index in [2.05, 4.69) is 36.3 Å². The van der Waals surface area contributed by atoms with Crippen LogP contribution >= 0.6 is 0 Å². The molecule has 24 heavy (non-hydrogen) atoms. The number of rotatable bonds is 8. The normalized spacial score (nSPS) is 24.9. The molecule has 2 aliphatic heterocycles. The van der Waals surface area contributed by atoms with Crippen LogP contribution in [-0.2, 0) is 4.79 Å². The molecule has 0 aromatic heterocycles. The summed E-state index contributed by atoms with van der Waals surface area (Å²) in [5.74, 6) is 2.90. The molecule has 0 radical (unpaired) electrons. The molecule has 4 heteroatoms. The highest BCUT2D eigenvalue weighted by molar-refractivity contribution is 5.76. The molecule has 2 saturated heterocycles. The van der Waals surface area contributed by atoms with Crippen molar-refractivity contribution < 1.29 is 4.79 Å². The van der Waals surface area contributed by atoms with Crippen molar-refractivity contribution in [3.63, 3.8) is 0 Å². The molecule has 2 fully saturated rings. The number of nitrogens with zero attached hydrogens (tertiary/aromatic N) is 1. The first-order chi connectivity index (χ1) is 11.5. The molecule has 1 amide bonds. The smallest absolute Gasteiger partial charge is 0.220 e. The van der Waals surface area contributed by atoms with Crippen molar-refractivity contribution in [3.8, 4) is 0 Å². The Morgan fingerprint density at radius 2 is 1.96 bits per heavy atom. The predicted octanol–water partition coefficient (Wildman–Crippen LogP) is 2.89. The van der Waals surface area contributed by atoms with E-state index in [-0.39, 0.29) is 5.91 Å². The third kappa shape index (κ3) is 7.10. The van der Waals surface area contributed by atoms with Crippen LogP contribution in [0.25, 0.3) is 0 Å². The zero-order valence-electron chi connectivity index (χ0n) is 16.2. The molecule has 2 aliphatic rings. The Morgan fingerprint density at radius 3 is 2.58 bits per heavy atom. The molecule has 4 nitrogen and oxygen atoms in total. The van der Waals surface area contributed by atoms with Crippen LogP contribution in [0.4, 0.5) is 0 Å². The maximum atomic E-state index is 12.2. The summed E-state index contributed by atoms with van der Waals surface area (Å²) in [7, 11) is 0. The Labute approximate surface area is 149 Å². The summed E-state index contributed by atoms with van der Waals surface area (Å²) in [5, 5.41) is 6.67. The second-order valence-electron chi connectivity index (χ2n) is 8.56. The van der Waals surface area contributed by atoms with Crippen molar-refractivity contribution >= 4 is 5.91 Å². The van der Waals surface area contributed by atoms with Gasteiger partial charge in [-0.3, -0.25) is 4.79 Å². The van der Waals surface area contributed by atoms with Crippen molar-refractivity contribution in [2.45, 2.75) is 59.3 Å². The van der Waals surface area contributed by atoms with Crippen LogP contribution in [-0.4, -0.2) is 50.1 Å². The Kier molecular flexibility index (Phi) is 8.54. The van der Waals surface area contributed by atoms with E-state index in [1.165, 1.54) is 51.7 Å². The van der Waals surface area contributed by atoms with E-state index in [1.54, 1.807) is 0 Å². The topological polar surface area (TPSA) is 44.4 Å². The van der Waals surface area contributed by atoms with Gasteiger partial charge < -0.3 is 15.5 Å². The molecule has 2 N–H and O–H groups in total. The quantitative estimate of drug-likeness (QED) is 0.716. The average Bonchev–Trinajstić information content (AvgIpc) is 2.59. The fourth-order valence-corrected chi connectivity index (χ4v) is 4.01. The number of amides is 1. The second-order valence-corrected chi connectivity index (χ2v) is 8.56. The number of hydrogen-bond donors (Lipinski definition) is 2. The summed E-state index contributed by atoms with van der Waals surface area (Å²) in [6, 6.07) is 0. The fraction of sp³-hybridized carbons (Fsp3) is 0.950. The highest BCUT2D eigenvalue weighted by atomic mass is 16.1. The third-order valence-corrected chi connectivity index (χ3v) is 5.96. The molecular formula is C20H39N3O. The van der Waals surface area contributed by atoms with Crippen LogP contribution in [0, 0.1) is 23.7 Å². The standard InChI is InChI=1S/C20H39N3O/c1-16(2)6-10-23-11-7-18(8-12-23)14-22-20(24)13-17(3)19-5-4-9-21-15-19/h16-19,21H,4-15H2,1-3H3,(H,22,24). The Hall–Kier alpha value is -0.610. The molecule has 2 atom stereocenters. The van der Waals surface area contributed by atoms with Crippen LogP contribution in [0.1, 0.15) is 59.3 Å². The first-order valence-electron chi connectivity index (χ1n) is 10.2. The molecule has 2 rings (SSSR count). The lowest BCUT2D eigenvalue weighted by molar-refractivity contribution is -0.122. The van der Waals surface area contributed by atoms with Crippen LogP contribution in [0.15, 0.2) is 0 Å². The Balaban J connectivity index is 1.57. The SMILES string of the molecule is CC(C)CCN1CCC(CNC(=O)CC(C)C2CCCNC2)CC1. The van der Waals surface area contributed by atoms with E-state index in [0.717, 1.165) is 25.6 Å². The van der Waals surface area contributed by atoms with Gasteiger partial charge in [-0.1, -0.05) is 20.8 Å². The van der Waals surface area contributed by atoms with Gasteiger partial charge in [-0.05, 0) is 88.5 Å². The lowest BCUT2D eigenvalue weighted by atomic mass is 9.85. The first kappa shape index (κ1) is 19.7. The van der Waals surface area contributed by atoms with E-state index < -0.39 is 0 Å². The number of carbonyl (C=O) groups excluding carboxylic acids is 1. The van der Waals surface area contributed by atoms with Crippen LogP contribution in [0.5, 0.6) is 0 Å². The number of carbonyl (C=O) groups is 1. The molecule has 0 aliphatic carbocycles. The minimum atomic E-state index is 0.260. The monoisotopic (exact) mass is 337 g/mol. The minimum absolute atomic E-state index is 0.260. The molecule has 0 aromatic carbocycles. The number of nitrogens with one attached hydrogen (secondary N) is 2. The number of likely N-dealkylation sites (tertiary alicyclic amines) is 1. The number of piperidine rings is 2. The van der Waals surface area contributed by atoms with Gasteiger partial charge in [0.25, 0.3) is 0 Å². The van der Waals surface area contributed by atoms with Gasteiger partial charge in [0.1, 0.15) is 0 Å². The Bertz CT molecular complexity index is 358. The van der Waals surface area contributed by atoms with Gasteiger partial charge in [0.2, 0.25) is 5.91 Å². The van der Waals surface area contributed by atoms with Crippen molar-refractivity contribution in [1.82, 2.24) is 15.5 Å². The van der Waals surface area contributed by atoms with Gasteiger partial charge in [0.15, 0.2) is 0 Å². The maximum Gasteiger partial charge on any atom is 0.220 e.